The number of unbranched alkanes of at least 4 members (excludes halogenated alkanes) is 1. The highest BCUT2D eigenvalue weighted by atomic mass is 16.7. The Labute approximate surface area is 249 Å². The maximum absolute atomic E-state index is 13.8. The van der Waals surface area contributed by atoms with Crippen LogP contribution in [0.4, 0.5) is 4.79 Å². The van der Waals surface area contributed by atoms with Crippen molar-refractivity contribution in [1.29, 1.82) is 0 Å². The average molecular weight is 590 g/mol. The first-order valence-electron chi connectivity index (χ1n) is 15.0. The van der Waals surface area contributed by atoms with E-state index in [1.807, 2.05) is 36.0 Å². The maximum Gasteiger partial charge on any atom is 0.319 e. The molecule has 3 aliphatic heterocycles. The number of hydrogen-bond acceptors (Lipinski definition) is 8. The van der Waals surface area contributed by atoms with Crippen molar-refractivity contribution < 1.29 is 33.7 Å². The van der Waals surface area contributed by atoms with Crippen LogP contribution in [0, 0.1) is 5.92 Å². The molecule has 0 radical (unpaired) electrons. The van der Waals surface area contributed by atoms with Crippen molar-refractivity contribution in [2.75, 3.05) is 87.4 Å². The van der Waals surface area contributed by atoms with Crippen LogP contribution in [0.5, 0.6) is 17.2 Å². The number of methoxy groups -OCH3 is 1. The summed E-state index contributed by atoms with van der Waals surface area (Å²) >= 11 is 0. The van der Waals surface area contributed by atoms with E-state index in [1.165, 1.54) is 0 Å². The number of hydrogen-bond donors (Lipinski definition) is 1. The maximum atomic E-state index is 13.8. The summed E-state index contributed by atoms with van der Waals surface area (Å²) in [7, 11) is 7.36. The third kappa shape index (κ3) is 7.20. The first-order valence-corrected chi connectivity index (χ1v) is 15.0. The Kier molecular flexibility index (Phi) is 10.8. The van der Waals surface area contributed by atoms with Crippen LogP contribution in [-0.4, -0.2) is 141 Å². The number of carbonyl (C=O) groups is 3. The Hall–Kier alpha value is -3.25. The van der Waals surface area contributed by atoms with E-state index in [0.29, 0.717) is 62.9 Å². The van der Waals surface area contributed by atoms with Gasteiger partial charge in [0.25, 0.3) is 0 Å². The van der Waals surface area contributed by atoms with E-state index in [9.17, 15) is 19.5 Å². The van der Waals surface area contributed by atoms with Gasteiger partial charge in [0.1, 0.15) is 0 Å². The lowest BCUT2D eigenvalue weighted by Crippen LogP contribution is -2.46. The summed E-state index contributed by atoms with van der Waals surface area (Å²) in [6.07, 6.45) is 3.22. The molecule has 4 rings (SSSR count). The highest BCUT2D eigenvalue weighted by Crippen LogP contribution is 2.47. The second-order valence-corrected chi connectivity index (χ2v) is 11.8. The Morgan fingerprint density at radius 1 is 1.12 bits per heavy atom. The molecule has 12 heteroatoms. The molecule has 3 atom stereocenters. The molecule has 12 nitrogen and oxygen atoms in total. The third-order valence-electron chi connectivity index (χ3n) is 8.65. The zero-order valence-electron chi connectivity index (χ0n) is 25.7. The second kappa shape index (κ2) is 14.3. The van der Waals surface area contributed by atoms with E-state index < -0.39 is 23.8 Å². The number of likely N-dealkylation sites (N-methyl/N-ethyl adjacent to an activating group) is 1. The van der Waals surface area contributed by atoms with E-state index in [-0.39, 0.29) is 25.3 Å². The van der Waals surface area contributed by atoms with Gasteiger partial charge >= 0.3 is 12.0 Å². The van der Waals surface area contributed by atoms with Gasteiger partial charge in [0, 0.05) is 58.3 Å². The smallest absolute Gasteiger partial charge is 0.319 e. The average Bonchev–Trinajstić information content (AvgIpc) is 3.66. The van der Waals surface area contributed by atoms with Crippen LogP contribution in [0.3, 0.4) is 0 Å². The second-order valence-electron chi connectivity index (χ2n) is 11.8. The normalized spacial score (nSPS) is 22.0. The van der Waals surface area contributed by atoms with Crippen LogP contribution in [0.25, 0.3) is 0 Å². The van der Waals surface area contributed by atoms with Crippen molar-refractivity contribution in [3.63, 3.8) is 0 Å². The molecule has 3 aliphatic rings. The lowest BCUT2D eigenvalue weighted by Gasteiger charge is -2.31. The summed E-state index contributed by atoms with van der Waals surface area (Å²) in [6, 6.07) is 3.18. The van der Waals surface area contributed by atoms with Crippen molar-refractivity contribution in [3.8, 4) is 17.2 Å². The Morgan fingerprint density at radius 2 is 1.88 bits per heavy atom. The molecule has 2 fully saturated rings. The molecular weight excluding hydrogens is 542 g/mol. The number of urea groups is 1. The summed E-state index contributed by atoms with van der Waals surface area (Å²) in [5, 5.41) is 10.6. The van der Waals surface area contributed by atoms with Crippen LogP contribution in [0.15, 0.2) is 12.1 Å². The van der Waals surface area contributed by atoms with Gasteiger partial charge in [-0.25, -0.2) is 4.79 Å². The number of carbonyl (C=O) groups excluding carboxylic acids is 2. The Bertz CT molecular complexity index is 1120. The topological polar surface area (TPSA) is 115 Å². The monoisotopic (exact) mass is 589 g/mol. The van der Waals surface area contributed by atoms with Crippen LogP contribution < -0.4 is 14.2 Å². The molecule has 234 valence electrons. The molecule has 0 bridgehead atoms. The van der Waals surface area contributed by atoms with Crippen LogP contribution >= 0.6 is 0 Å². The summed E-state index contributed by atoms with van der Waals surface area (Å²) in [5.74, 6) is -0.567. The molecule has 1 aromatic carbocycles. The molecular formula is C30H47N5O7. The van der Waals surface area contributed by atoms with Gasteiger partial charge in [-0.05, 0) is 57.6 Å². The molecule has 1 aromatic rings. The summed E-state index contributed by atoms with van der Waals surface area (Å²) < 4.78 is 16.7. The minimum absolute atomic E-state index is 0.0113. The van der Waals surface area contributed by atoms with Crippen LogP contribution in [0.2, 0.25) is 0 Å². The fraction of sp³-hybridized carbons (Fsp3) is 0.700. The van der Waals surface area contributed by atoms with Gasteiger partial charge in [-0.3, -0.25) is 14.5 Å². The number of benzene rings is 1. The number of amides is 3. The fourth-order valence-electron chi connectivity index (χ4n) is 6.31. The predicted molar refractivity (Wildman–Crippen MR) is 157 cm³/mol. The lowest BCUT2D eigenvalue weighted by molar-refractivity contribution is -0.144. The zero-order valence-corrected chi connectivity index (χ0v) is 25.7. The minimum Gasteiger partial charge on any atom is -0.493 e. The molecule has 2 saturated heterocycles. The van der Waals surface area contributed by atoms with E-state index in [2.05, 4.69) is 11.8 Å². The van der Waals surface area contributed by atoms with Gasteiger partial charge in [-0.15, -0.1) is 0 Å². The molecule has 0 aliphatic carbocycles. The molecule has 42 heavy (non-hydrogen) atoms. The number of rotatable bonds is 15. The molecule has 0 spiro atoms. The predicted octanol–water partition coefficient (Wildman–Crippen LogP) is 2.23. The van der Waals surface area contributed by atoms with Gasteiger partial charge in [-0.1, -0.05) is 13.3 Å². The van der Waals surface area contributed by atoms with Crippen molar-refractivity contribution in [2.45, 2.75) is 44.6 Å². The minimum atomic E-state index is -0.921. The van der Waals surface area contributed by atoms with Gasteiger partial charge in [0.15, 0.2) is 11.5 Å². The van der Waals surface area contributed by atoms with Crippen molar-refractivity contribution in [1.82, 2.24) is 24.5 Å². The largest absolute Gasteiger partial charge is 0.493 e. The highest BCUT2D eigenvalue weighted by Gasteiger charge is 2.48. The van der Waals surface area contributed by atoms with Gasteiger partial charge in [-0.2, -0.15) is 0 Å². The zero-order chi connectivity index (χ0) is 30.4. The standard InChI is InChI=1S/C30H47N5O7/c1-6-7-11-33(12-8-10-31(2)3)26(36)19-35-18-22(21-16-24(40-5)28-25(17-21)41-20-42-28)27(29(37)38)23(35)9-13-34-15-14-32(4)30(34)39/h16-17,22-23,27H,6-15,18-20H2,1-5H3,(H,37,38)/t22-,23+,27?/m1/s1. The molecule has 0 saturated carbocycles. The number of ether oxygens (including phenoxy) is 3. The lowest BCUT2D eigenvalue weighted by atomic mass is 9.84. The van der Waals surface area contributed by atoms with Gasteiger partial charge in [0.2, 0.25) is 18.4 Å². The number of likely N-dealkylation sites (tertiary alicyclic amines) is 1. The van der Waals surface area contributed by atoms with Crippen molar-refractivity contribution in [3.05, 3.63) is 17.7 Å². The summed E-state index contributed by atoms with van der Waals surface area (Å²) in [4.78, 5) is 48.8. The first-order chi connectivity index (χ1) is 20.1. The first kappa shape index (κ1) is 31.7. The van der Waals surface area contributed by atoms with E-state index in [0.717, 1.165) is 31.4 Å². The van der Waals surface area contributed by atoms with Gasteiger partial charge in [0.05, 0.1) is 19.6 Å². The molecule has 1 N–H and O–H groups in total. The van der Waals surface area contributed by atoms with Crippen LogP contribution in [-0.2, 0) is 9.59 Å². The van der Waals surface area contributed by atoms with E-state index in [4.69, 9.17) is 14.2 Å². The molecule has 3 amide bonds. The highest BCUT2D eigenvalue weighted by molar-refractivity contribution is 5.79. The number of nitrogens with zero attached hydrogens (tertiary/aromatic N) is 5. The quantitative estimate of drug-likeness (QED) is 0.329. The molecule has 1 unspecified atom stereocenters. The molecule has 0 aromatic heterocycles. The van der Waals surface area contributed by atoms with E-state index in [1.54, 1.807) is 24.0 Å². The Balaban J connectivity index is 1.60. The number of fused-ring (bicyclic) bond motifs is 1. The van der Waals surface area contributed by atoms with Crippen LogP contribution in [0.1, 0.15) is 44.1 Å². The fourth-order valence-corrected chi connectivity index (χ4v) is 6.31. The Morgan fingerprint density at radius 3 is 2.52 bits per heavy atom. The van der Waals surface area contributed by atoms with Crippen molar-refractivity contribution in [2.24, 2.45) is 5.92 Å². The van der Waals surface area contributed by atoms with E-state index >= 15 is 0 Å². The number of aliphatic carboxylic acids is 1. The number of carboxylic acids is 1. The SMILES string of the molecule is CCCCN(CCCN(C)C)C(=O)CN1C[C@H](c2cc(OC)c3c(c2)OCO3)C(C(=O)O)[C@@H]1CCN1CCN(C)C1=O. The third-order valence-corrected chi connectivity index (χ3v) is 8.65. The summed E-state index contributed by atoms with van der Waals surface area (Å²) in [5.41, 5.74) is 0.772. The molecule has 3 heterocycles. The number of carboxylic acid groups (broad SMARTS) is 1. The van der Waals surface area contributed by atoms with Gasteiger partial charge < -0.3 is 38.9 Å². The van der Waals surface area contributed by atoms with Crippen molar-refractivity contribution >= 4 is 17.9 Å². The summed E-state index contributed by atoms with van der Waals surface area (Å²) in [6.45, 7) is 6.62.